The summed E-state index contributed by atoms with van der Waals surface area (Å²) in [5.41, 5.74) is 0.747. The van der Waals surface area contributed by atoms with Crippen LogP contribution in [0, 0.1) is 5.92 Å². The molecule has 1 aromatic rings. The number of carbonyl (C=O) groups excluding carboxylic acids is 1. The van der Waals surface area contributed by atoms with Gasteiger partial charge in [0.2, 0.25) is 5.91 Å². The number of carbonyl (C=O) groups is 1. The van der Waals surface area contributed by atoms with Crippen LogP contribution in [0.25, 0.3) is 0 Å². The van der Waals surface area contributed by atoms with Crippen LogP contribution in [0.1, 0.15) is 25.5 Å². The monoisotopic (exact) mass is 223 g/mol. The molecule has 16 heavy (non-hydrogen) atoms. The number of hydrogen-bond acceptors (Lipinski definition) is 4. The number of nitrogens with zero attached hydrogens (tertiary/aromatic N) is 1. The number of hydrogen-bond donors (Lipinski definition) is 2. The third-order valence-corrected chi connectivity index (χ3v) is 2.92. The highest BCUT2D eigenvalue weighted by molar-refractivity contribution is 5.81. The van der Waals surface area contributed by atoms with Gasteiger partial charge in [0.15, 0.2) is 0 Å². The quantitative estimate of drug-likeness (QED) is 0.790. The molecule has 1 aliphatic heterocycles. The molecule has 0 radical (unpaired) electrons. The van der Waals surface area contributed by atoms with E-state index in [1.165, 1.54) is 6.26 Å². The second-order valence-electron chi connectivity index (χ2n) is 4.34. The molecule has 1 aliphatic rings. The van der Waals surface area contributed by atoms with Gasteiger partial charge in [0, 0.05) is 6.07 Å². The summed E-state index contributed by atoms with van der Waals surface area (Å²) in [6.07, 6.45) is 3.56. The van der Waals surface area contributed by atoms with Crippen molar-refractivity contribution in [1.82, 2.24) is 15.8 Å². The molecular weight excluding hydrogens is 206 g/mol. The second kappa shape index (κ2) is 5.12. The molecule has 1 amide bonds. The summed E-state index contributed by atoms with van der Waals surface area (Å²) in [6, 6.07) is 1.69. The van der Waals surface area contributed by atoms with Crippen LogP contribution in [-0.4, -0.2) is 23.7 Å². The highest BCUT2D eigenvalue weighted by Crippen LogP contribution is 2.14. The summed E-state index contributed by atoms with van der Waals surface area (Å²) in [6.45, 7) is 3.53. The van der Waals surface area contributed by atoms with E-state index >= 15 is 0 Å². The molecule has 2 heterocycles. The fraction of sp³-hybridized carbons (Fsp3) is 0.636. The standard InChI is InChI=1S/C11H17N3O2/c1-8-2-4-12-10(6-8)11(15)13-7-9-3-5-16-14-9/h3,5,8,10,12H,2,4,6-7H2,1H3,(H,13,15). The Balaban J connectivity index is 1.79. The van der Waals surface area contributed by atoms with Gasteiger partial charge in [-0.1, -0.05) is 12.1 Å². The fourth-order valence-electron chi connectivity index (χ4n) is 1.94. The first kappa shape index (κ1) is 11.1. The Morgan fingerprint density at radius 3 is 3.31 bits per heavy atom. The maximum absolute atomic E-state index is 11.8. The molecule has 2 unspecified atom stereocenters. The molecule has 0 spiro atoms. The lowest BCUT2D eigenvalue weighted by atomic mass is 9.94. The average Bonchev–Trinajstić information content (AvgIpc) is 2.78. The first-order valence-corrected chi connectivity index (χ1v) is 5.66. The SMILES string of the molecule is CC1CCNC(C(=O)NCc2ccon2)C1. The lowest BCUT2D eigenvalue weighted by molar-refractivity contribution is -0.124. The predicted octanol–water partition coefficient (Wildman–Crippen LogP) is 0.679. The van der Waals surface area contributed by atoms with Crippen LogP contribution in [0.2, 0.25) is 0 Å². The molecule has 1 aromatic heterocycles. The molecule has 88 valence electrons. The molecule has 5 heteroatoms. The summed E-state index contributed by atoms with van der Waals surface area (Å²) in [4.78, 5) is 11.8. The molecule has 1 fully saturated rings. The van der Waals surface area contributed by atoms with E-state index < -0.39 is 0 Å². The summed E-state index contributed by atoms with van der Waals surface area (Å²) < 4.78 is 4.69. The smallest absolute Gasteiger partial charge is 0.237 e. The van der Waals surface area contributed by atoms with Gasteiger partial charge < -0.3 is 15.2 Å². The first-order valence-electron chi connectivity index (χ1n) is 5.66. The van der Waals surface area contributed by atoms with Crippen LogP contribution in [0.15, 0.2) is 16.9 Å². The van der Waals surface area contributed by atoms with Gasteiger partial charge in [0.25, 0.3) is 0 Å². The highest BCUT2D eigenvalue weighted by atomic mass is 16.5. The Morgan fingerprint density at radius 1 is 1.75 bits per heavy atom. The van der Waals surface area contributed by atoms with Crippen molar-refractivity contribution >= 4 is 5.91 Å². The summed E-state index contributed by atoms with van der Waals surface area (Å²) in [7, 11) is 0. The Bertz CT molecular complexity index is 337. The Morgan fingerprint density at radius 2 is 2.62 bits per heavy atom. The fourth-order valence-corrected chi connectivity index (χ4v) is 1.94. The molecule has 5 nitrogen and oxygen atoms in total. The van der Waals surface area contributed by atoms with Crippen molar-refractivity contribution in [3.8, 4) is 0 Å². The predicted molar refractivity (Wildman–Crippen MR) is 58.5 cm³/mol. The Hall–Kier alpha value is -1.36. The van der Waals surface area contributed by atoms with Crippen molar-refractivity contribution < 1.29 is 9.32 Å². The lowest BCUT2D eigenvalue weighted by Crippen LogP contribution is -2.48. The van der Waals surface area contributed by atoms with E-state index in [0.29, 0.717) is 12.5 Å². The van der Waals surface area contributed by atoms with Gasteiger partial charge >= 0.3 is 0 Å². The van der Waals surface area contributed by atoms with E-state index in [1.54, 1.807) is 6.07 Å². The summed E-state index contributed by atoms with van der Waals surface area (Å²) in [5.74, 6) is 0.665. The van der Waals surface area contributed by atoms with Crippen LogP contribution in [0.5, 0.6) is 0 Å². The van der Waals surface area contributed by atoms with Gasteiger partial charge in [-0.25, -0.2) is 0 Å². The van der Waals surface area contributed by atoms with Crippen molar-refractivity contribution in [2.24, 2.45) is 5.92 Å². The lowest BCUT2D eigenvalue weighted by Gasteiger charge is -2.27. The van der Waals surface area contributed by atoms with Crippen molar-refractivity contribution in [3.63, 3.8) is 0 Å². The van der Waals surface area contributed by atoms with E-state index in [2.05, 4.69) is 22.7 Å². The molecule has 0 saturated carbocycles. The number of amides is 1. The largest absolute Gasteiger partial charge is 0.364 e. The number of nitrogens with one attached hydrogen (secondary N) is 2. The zero-order valence-electron chi connectivity index (χ0n) is 9.40. The minimum atomic E-state index is -0.0596. The third kappa shape index (κ3) is 2.82. The molecular formula is C11H17N3O2. The van der Waals surface area contributed by atoms with Crippen LogP contribution >= 0.6 is 0 Å². The zero-order valence-corrected chi connectivity index (χ0v) is 9.40. The van der Waals surface area contributed by atoms with Crippen molar-refractivity contribution in [1.29, 1.82) is 0 Å². The van der Waals surface area contributed by atoms with E-state index in [-0.39, 0.29) is 11.9 Å². The van der Waals surface area contributed by atoms with E-state index in [4.69, 9.17) is 4.52 Å². The highest BCUT2D eigenvalue weighted by Gasteiger charge is 2.24. The normalized spacial score (nSPS) is 25.3. The summed E-state index contributed by atoms with van der Waals surface area (Å²) in [5, 5.41) is 9.81. The van der Waals surface area contributed by atoms with Gasteiger partial charge in [-0.3, -0.25) is 4.79 Å². The second-order valence-corrected chi connectivity index (χ2v) is 4.34. The maximum Gasteiger partial charge on any atom is 0.237 e. The van der Waals surface area contributed by atoms with Crippen molar-refractivity contribution in [3.05, 3.63) is 18.0 Å². The number of piperidine rings is 1. The van der Waals surface area contributed by atoms with Crippen LogP contribution < -0.4 is 10.6 Å². The van der Waals surface area contributed by atoms with Crippen LogP contribution in [-0.2, 0) is 11.3 Å². The molecule has 2 N–H and O–H groups in total. The van der Waals surface area contributed by atoms with Gasteiger partial charge in [-0.05, 0) is 25.3 Å². The van der Waals surface area contributed by atoms with E-state index in [1.807, 2.05) is 0 Å². The van der Waals surface area contributed by atoms with Crippen LogP contribution in [0.3, 0.4) is 0 Å². The van der Waals surface area contributed by atoms with Crippen molar-refractivity contribution in [2.75, 3.05) is 6.54 Å². The van der Waals surface area contributed by atoms with Crippen molar-refractivity contribution in [2.45, 2.75) is 32.4 Å². The first-order chi connectivity index (χ1) is 7.75. The molecule has 0 aromatic carbocycles. The Kier molecular flexibility index (Phi) is 3.56. The minimum absolute atomic E-state index is 0.0505. The molecule has 2 rings (SSSR count). The third-order valence-electron chi connectivity index (χ3n) is 2.92. The van der Waals surface area contributed by atoms with E-state index in [0.717, 1.165) is 25.1 Å². The van der Waals surface area contributed by atoms with Gasteiger partial charge in [0.1, 0.15) is 12.0 Å². The molecule has 1 saturated heterocycles. The zero-order chi connectivity index (χ0) is 11.4. The minimum Gasteiger partial charge on any atom is -0.364 e. The molecule has 0 aliphatic carbocycles. The van der Waals surface area contributed by atoms with Gasteiger partial charge in [-0.15, -0.1) is 0 Å². The molecule has 0 bridgehead atoms. The van der Waals surface area contributed by atoms with E-state index in [9.17, 15) is 4.79 Å². The Labute approximate surface area is 94.6 Å². The molecule has 2 atom stereocenters. The number of rotatable bonds is 3. The number of aromatic nitrogens is 1. The average molecular weight is 223 g/mol. The topological polar surface area (TPSA) is 67.2 Å². The van der Waals surface area contributed by atoms with Crippen LogP contribution in [0.4, 0.5) is 0 Å². The van der Waals surface area contributed by atoms with Gasteiger partial charge in [0.05, 0.1) is 12.6 Å². The van der Waals surface area contributed by atoms with Gasteiger partial charge in [-0.2, -0.15) is 0 Å². The maximum atomic E-state index is 11.8. The summed E-state index contributed by atoms with van der Waals surface area (Å²) >= 11 is 0.